The van der Waals surface area contributed by atoms with E-state index < -0.39 is 6.16 Å². The Hall–Kier alpha value is -0.990. The highest BCUT2D eigenvalue weighted by Crippen LogP contribution is 2.09. The van der Waals surface area contributed by atoms with Crippen molar-refractivity contribution in [2.45, 2.75) is 12.5 Å². The minimum absolute atomic E-state index is 0.106. The topological polar surface area (TPSA) is 35.5 Å². The number of allylic oxidation sites excluding steroid dienone is 1. The molecule has 0 aromatic rings. The molecule has 3 nitrogen and oxygen atoms in total. The lowest BCUT2D eigenvalue weighted by molar-refractivity contribution is 0.118. The van der Waals surface area contributed by atoms with Crippen LogP contribution in [0.3, 0.4) is 0 Å². The Morgan fingerprint density at radius 2 is 2.60 bits per heavy atom. The third kappa shape index (κ3) is 1.76. The van der Waals surface area contributed by atoms with Gasteiger partial charge in [-0.05, 0) is 6.92 Å². The summed E-state index contributed by atoms with van der Waals surface area (Å²) in [5.41, 5.74) is 0. The van der Waals surface area contributed by atoms with Gasteiger partial charge >= 0.3 is 6.16 Å². The van der Waals surface area contributed by atoms with Crippen LogP contribution in [0.2, 0.25) is 0 Å². The number of hydrogen-bond acceptors (Lipinski definition) is 3. The summed E-state index contributed by atoms with van der Waals surface area (Å²) in [6.07, 6.45) is 3.53. The van der Waals surface area contributed by atoms with Gasteiger partial charge in [0.1, 0.15) is 12.7 Å². The zero-order valence-corrected chi connectivity index (χ0v) is 5.58. The molecule has 1 fully saturated rings. The lowest BCUT2D eigenvalue weighted by Gasteiger charge is -1.98. The zero-order chi connectivity index (χ0) is 7.40. The fourth-order valence-electron chi connectivity index (χ4n) is 0.729. The summed E-state index contributed by atoms with van der Waals surface area (Å²) in [4.78, 5) is 10.3. The minimum Gasteiger partial charge on any atom is -0.430 e. The van der Waals surface area contributed by atoms with E-state index in [1.807, 2.05) is 6.08 Å². The van der Waals surface area contributed by atoms with Gasteiger partial charge in [0.2, 0.25) is 0 Å². The van der Waals surface area contributed by atoms with Crippen LogP contribution >= 0.6 is 0 Å². The molecule has 10 heavy (non-hydrogen) atoms. The average Bonchev–Trinajstić information content (AvgIpc) is 2.31. The summed E-state index contributed by atoms with van der Waals surface area (Å²) >= 11 is 0. The Morgan fingerprint density at radius 1 is 1.80 bits per heavy atom. The van der Waals surface area contributed by atoms with Crippen molar-refractivity contribution in [1.82, 2.24) is 0 Å². The van der Waals surface area contributed by atoms with Gasteiger partial charge in [0.05, 0.1) is 0 Å². The standard InChI is InChI=1S/C7H9O3/c1-2-3-4-6-5-9-7(8)10-6/h2-3,6H,1,4-5H2. The summed E-state index contributed by atoms with van der Waals surface area (Å²) in [6.45, 7) is 3.87. The molecular formula is C7H9O3. The Balaban J connectivity index is 2.24. The molecule has 1 rings (SSSR count). The number of hydrogen-bond donors (Lipinski definition) is 0. The highest BCUT2D eigenvalue weighted by atomic mass is 16.8. The van der Waals surface area contributed by atoms with Gasteiger partial charge in [-0.2, -0.15) is 0 Å². The summed E-state index contributed by atoms with van der Waals surface area (Å²) in [7, 11) is 0. The zero-order valence-electron chi connectivity index (χ0n) is 5.58. The lowest BCUT2D eigenvalue weighted by atomic mass is 10.2. The quantitative estimate of drug-likeness (QED) is 0.544. The lowest BCUT2D eigenvalue weighted by Crippen LogP contribution is -2.07. The van der Waals surface area contributed by atoms with Crippen molar-refractivity contribution in [3.8, 4) is 0 Å². The number of rotatable bonds is 2. The second-order valence-electron chi connectivity index (χ2n) is 2.01. The van der Waals surface area contributed by atoms with Crippen LogP contribution in [0, 0.1) is 6.92 Å². The third-order valence-electron chi connectivity index (χ3n) is 1.22. The Morgan fingerprint density at radius 3 is 3.10 bits per heavy atom. The molecule has 1 aliphatic rings. The van der Waals surface area contributed by atoms with Crippen LogP contribution in [0.25, 0.3) is 0 Å². The van der Waals surface area contributed by atoms with Crippen molar-refractivity contribution in [1.29, 1.82) is 0 Å². The van der Waals surface area contributed by atoms with Gasteiger partial charge in [-0.1, -0.05) is 12.2 Å². The first-order valence-electron chi connectivity index (χ1n) is 3.10. The van der Waals surface area contributed by atoms with E-state index in [1.165, 1.54) is 0 Å². The van der Waals surface area contributed by atoms with E-state index in [0.29, 0.717) is 13.0 Å². The molecule has 0 saturated carbocycles. The van der Waals surface area contributed by atoms with E-state index in [9.17, 15) is 4.79 Å². The molecule has 55 valence electrons. The van der Waals surface area contributed by atoms with Crippen molar-refractivity contribution in [2.24, 2.45) is 0 Å². The summed E-state index contributed by atoms with van der Waals surface area (Å²) in [5, 5.41) is 0. The number of ether oxygens (including phenoxy) is 2. The Kier molecular flexibility index (Phi) is 2.31. The highest BCUT2D eigenvalue weighted by molar-refractivity contribution is 5.61. The average molecular weight is 141 g/mol. The van der Waals surface area contributed by atoms with Gasteiger partial charge in [-0.3, -0.25) is 0 Å². The van der Waals surface area contributed by atoms with Crippen LogP contribution in [-0.2, 0) is 9.47 Å². The first-order chi connectivity index (χ1) is 4.83. The number of carbonyl (C=O) groups excluding carboxylic acids is 1. The third-order valence-corrected chi connectivity index (χ3v) is 1.22. The van der Waals surface area contributed by atoms with E-state index >= 15 is 0 Å². The molecule has 1 heterocycles. The summed E-state index contributed by atoms with van der Waals surface area (Å²) in [6, 6.07) is 0. The smallest absolute Gasteiger partial charge is 0.430 e. The second-order valence-corrected chi connectivity index (χ2v) is 2.01. The molecular weight excluding hydrogens is 132 g/mol. The largest absolute Gasteiger partial charge is 0.508 e. The molecule has 0 aliphatic carbocycles. The van der Waals surface area contributed by atoms with E-state index in [0.717, 1.165) is 0 Å². The van der Waals surface area contributed by atoms with Crippen molar-refractivity contribution < 1.29 is 14.3 Å². The fraction of sp³-hybridized carbons (Fsp3) is 0.429. The van der Waals surface area contributed by atoms with Crippen LogP contribution < -0.4 is 0 Å². The van der Waals surface area contributed by atoms with Crippen LogP contribution in [0.15, 0.2) is 12.2 Å². The van der Waals surface area contributed by atoms with Gasteiger partial charge in [0.25, 0.3) is 0 Å². The first kappa shape index (κ1) is 7.12. The van der Waals surface area contributed by atoms with Gasteiger partial charge in [0, 0.05) is 6.42 Å². The molecule has 3 heteroatoms. The van der Waals surface area contributed by atoms with Crippen LogP contribution in [0.1, 0.15) is 6.42 Å². The van der Waals surface area contributed by atoms with Gasteiger partial charge in [0.15, 0.2) is 0 Å². The maximum absolute atomic E-state index is 10.3. The van der Waals surface area contributed by atoms with E-state index in [2.05, 4.69) is 11.7 Å². The maximum atomic E-state index is 10.3. The number of cyclic esters (lactones) is 2. The molecule has 1 saturated heterocycles. The van der Waals surface area contributed by atoms with Crippen molar-refractivity contribution >= 4 is 6.16 Å². The fourth-order valence-corrected chi connectivity index (χ4v) is 0.729. The van der Waals surface area contributed by atoms with Crippen LogP contribution in [0.5, 0.6) is 0 Å². The summed E-state index contributed by atoms with van der Waals surface area (Å²) < 4.78 is 9.27. The summed E-state index contributed by atoms with van der Waals surface area (Å²) in [5.74, 6) is 0. The van der Waals surface area contributed by atoms with Crippen molar-refractivity contribution in [2.75, 3.05) is 6.61 Å². The first-order valence-corrected chi connectivity index (χ1v) is 3.10. The van der Waals surface area contributed by atoms with Crippen LogP contribution in [-0.4, -0.2) is 18.9 Å². The maximum Gasteiger partial charge on any atom is 0.508 e. The SMILES string of the molecule is [CH2]C=CCC1COC(=O)O1. The van der Waals surface area contributed by atoms with Crippen molar-refractivity contribution in [3.63, 3.8) is 0 Å². The van der Waals surface area contributed by atoms with Gasteiger partial charge in [-0.15, -0.1) is 0 Å². The van der Waals surface area contributed by atoms with E-state index in [-0.39, 0.29) is 6.10 Å². The molecule has 1 unspecified atom stereocenters. The van der Waals surface area contributed by atoms with Crippen LogP contribution in [0.4, 0.5) is 4.79 Å². The highest BCUT2D eigenvalue weighted by Gasteiger charge is 2.22. The normalized spacial score (nSPS) is 24.9. The molecule has 1 aliphatic heterocycles. The monoisotopic (exact) mass is 141 g/mol. The van der Waals surface area contributed by atoms with Gasteiger partial charge < -0.3 is 9.47 Å². The number of carbonyl (C=O) groups is 1. The second kappa shape index (κ2) is 3.25. The van der Waals surface area contributed by atoms with Gasteiger partial charge in [-0.25, -0.2) is 4.79 Å². The molecule has 1 atom stereocenters. The minimum atomic E-state index is -0.567. The molecule has 0 aromatic heterocycles. The molecule has 1 radical (unpaired) electrons. The molecule has 0 amide bonds. The van der Waals surface area contributed by atoms with E-state index in [4.69, 9.17) is 4.74 Å². The molecule has 0 spiro atoms. The Bertz CT molecular complexity index is 151. The van der Waals surface area contributed by atoms with Crippen molar-refractivity contribution in [3.05, 3.63) is 19.1 Å². The molecule has 0 aromatic carbocycles. The van der Waals surface area contributed by atoms with E-state index in [1.54, 1.807) is 6.08 Å². The predicted octanol–water partition coefficient (Wildman–Crippen LogP) is 1.30. The Labute approximate surface area is 59.6 Å². The molecule has 0 bridgehead atoms. The molecule has 0 N–H and O–H groups in total. The predicted molar refractivity (Wildman–Crippen MR) is 35.3 cm³/mol.